The van der Waals surface area contributed by atoms with E-state index in [0.717, 1.165) is 38.0 Å². The minimum absolute atomic E-state index is 0.0431. The van der Waals surface area contributed by atoms with Crippen LogP contribution in [0.2, 0.25) is 0 Å². The van der Waals surface area contributed by atoms with Gasteiger partial charge in [-0.2, -0.15) is 0 Å². The highest BCUT2D eigenvalue weighted by Crippen LogP contribution is 2.22. The molecule has 0 aromatic rings. The molecule has 10 heteroatoms. The SMILES string of the molecule is CCCCC/C=C\C\C=C/C=C/C=C/[C@@H](SC[C@H](N)C(=O)OC[C@@H](O)COC(=O)CCCCCCCCCCCCCCCC(C)C)[C@@H](O)CCCC(=O)O. The Morgan fingerprint density at radius 3 is 1.89 bits per heavy atom. The first kappa shape index (κ1) is 52.6. The topological polar surface area (TPSA) is 156 Å². The first-order valence-electron chi connectivity index (χ1n) is 21.5. The molecule has 0 aromatic heterocycles. The summed E-state index contributed by atoms with van der Waals surface area (Å²) in [6.07, 6.45) is 37.7. The van der Waals surface area contributed by atoms with Crippen LogP contribution in [-0.4, -0.2) is 75.7 Å². The third-order valence-electron chi connectivity index (χ3n) is 9.24. The maximum absolute atomic E-state index is 12.5. The number of aliphatic carboxylic acids is 1. The van der Waals surface area contributed by atoms with Crippen molar-refractivity contribution in [3.8, 4) is 0 Å². The summed E-state index contributed by atoms with van der Waals surface area (Å²) in [6, 6.07) is -1.01. The number of aliphatic hydroxyl groups excluding tert-OH is 2. The monoisotopic (exact) mass is 794 g/mol. The fraction of sp³-hybridized carbons (Fsp3) is 0.756. The number of carbonyl (C=O) groups is 3. The lowest BCUT2D eigenvalue weighted by Gasteiger charge is -2.21. The Morgan fingerprint density at radius 1 is 0.673 bits per heavy atom. The molecular weight excluding hydrogens is 715 g/mol. The predicted molar refractivity (Wildman–Crippen MR) is 229 cm³/mol. The molecule has 0 radical (unpaired) electrons. The van der Waals surface area contributed by atoms with Crippen molar-refractivity contribution in [3.63, 3.8) is 0 Å². The predicted octanol–water partition coefficient (Wildman–Crippen LogP) is 10.2. The second-order valence-electron chi connectivity index (χ2n) is 15.2. The van der Waals surface area contributed by atoms with E-state index in [2.05, 4.69) is 39.0 Å². The van der Waals surface area contributed by atoms with Crippen LogP contribution in [0.3, 0.4) is 0 Å². The van der Waals surface area contributed by atoms with Crippen molar-refractivity contribution in [3.05, 3.63) is 48.6 Å². The van der Waals surface area contributed by atoms with Gasteiger partial charge in [0.25, 0.3) is 0 Å². The molecule has 0 rings (SSSR count). The molecule has 0 aliphatic heterocycles. The van der Waals surface area contributed by atoms with Crippen LogP contribution in [0, 0.1) is 5.92 Å². The number of ether oxygens (including phenoxy) is 2. The molecule has 0 amide bonds. The van der Waals surface area contributed by atoms with E-state index in [1.165, 1.54) is 102 Å². The van der Waals surface area contributed by atoms with Gasteiger partial charge in [0.15, 0.2) is 0 Å². The molecule has 55 heavy (non-hydrogen) atoms. The van der Waals surface area contributed by atoms with Crippen LogP contribution < -0.4 is 5.73 Å². The van der Waals surface area contributed by atoms with E-state index >= 15 is 0 Å². The summed E-state index contributed by atoms with van der Waals surface area (Å²) in [5.74, 6) is -1.04. The Morgan fingerprint density at radius 2 is 1.27 bits per heavy atom. The first-order valence-corrected chi connectivity index (χ1v) is 22.5. The van der Waals surface area contributed by atoms with Crippen LogP contribution in [0.25, 0.3) is 0 Å². The maximum atomic E-state index is 12.5. The average Bonchev–Trinajstić information content (AvgIpc) is 3.15. The summed E-state index contributed by atoms with van der Waals surface area (Å²) >= 11 is 1.27. The summed E-state index contributed by atoms with van der Waals surface area (Å²) in [6.45, 7) is 6.17. The van der Waals surface area contributed by atoms with Crippen molar-refractivity contribution >= 4 is 29.7 Å². The van der Waals surface area contributed by atoms with Crippen LogP contribution in [0.15, 0.2) is 48.6 Å². The van der Waals surface area contributed by atoms with Gasteiger partial charge < -0.3 is 30.5 Å². The van der Waals surface area contributed by atoms with Gasteiger partial charge in [-0.05, 0) is 44.4 Å². The average molecular weight is 794 g/mol. The highest BCUT2D eigenvalue weighted by Gasteiger charge is 2.23. The Labute approximate surface area is 339 Å². The quantitative estimate of drug-likeness (QED) is 0.0205. The number of rotatable bonds is 38. The van der Waals surface area contributed by atoms with Gasteiger partial charge in [-0.25, -0.2) is 0 Å². The Balaban J connectivity index is 4.28. The molecule has 0 saturated heterocycles. The zero-order chi connectivity index (χ0) is 40.8. The minimum Gasteiger partial charge on any atom is -0.481 e. The summed E-state index contributed by atoms with van der Waals surface area (Å²) in [5, 5.41) is 29.5. The molecule has 4 atom stereocenters. The standard InChI is InChI=1S/C45H79NO8S/c1-4-5-6-7-8-9-10-15-18-21-24-27-32-42(41(48)31-29-33-43(49)50)55-37-40(46)45(52)54-36-39(47)35-53-44(51)34-28-25-22-19-16-13-11-12-14-17-20-23-26-30-38(2)3/h8-9,15,18,21,24,27,32,38-42,47-48H,4-7,10-14,16-17,19-20,22-23,25-26,28-31,33-37,46H2,1-3H3,(H,49,50)/b9-8-,18-15-,24-21+,32-27+/t39-,40-,41-,42+/m0/s1. The molecule has 0 aliphatic carbocycles. The van der Waals surface area contributed by atoms with Gasteiger partial charge in [0, 0.05) is 23.8 Å². The molecule has 0 heterocycles. The third kappa shape index (κ3) is 37.0. The Kier molecular flexibility index (Phi) is 36.8. The van der Waals surface area contributed by atoms with Crippen molar-refractivity contribution in [2.24, 2.45) is 11.7 Å². The summed E-state index contributed by atoms with van der Waals surface area (Å²) in [4.78, 5) is 35.6. The number of hydrogen-bond donors (Lipinski definition) is 4. The van der Waals surface area contributed by atoms with Gasteiger partial charge >= 0.3 is 17.9 Å². The van der Waals surface area contributed by atoms with Crippen LogP contribution in [0.1, 0.15) is 168 Å². The minimum atomic E-state index is -1.16. The Hall–Kier alpha value is -2.40. The van der Waals surface area contributed by atoms with Gasteiger partial charge in [-0.1, -0.05) is 166 Å². The smallest absolute Gasteiger partial charge is 0.323 e. The summed E-state index contributed by atoms with van der Waals surface area (Å²) in [5.41, 5.74) is 6.06. The zero-order valence-corrected chi connectivity index (χ0v) is 35.6. The van der Waals surface area contributed by atoms with Crippen LogP contribution in [0.4, 0.5) is 0 Å². The lowest BCUT2D eigenvalue weighted by atomic mass is 10.0. The fourth-order valence-electron chi connectivity index (χ4n) is 5.83. The van der Waals surface area contributed by atoms with Crippen LogP contribution in [0.5, 0.6) is 0 Å². The summed E-state index contributed by atoms with van der Waals surface area (Å²) < 4.78 is 10.3. The molecule has 5 N–H and O–H groups in total. The lowest BCUT2D eigenvalue weighted by molar-refractivity contribution is -0.153. The van der Waals surface area contributed by atoms with Crippen molar-refractivity contribution in [2.45, 2.75) is 192 Å². The van der Waals surface area contributed by atoms with Crippen molar-refractivity contribution < 1.29 is 39.2 Å². The molecule has 0 aromatic carbocycles. The highest BCUT2D eigenvalue weighted by molar-refractivity contribution is 8.00. The zero-order valence-electron chi connectivity index (χ0n) is 34.8. The summed E-state index contributed by atoms with van der Waals surface area (Å²) in [7, 11) is 0. The number of allylic oxidation sites excluding steroid dienone is 7. The highest BCUT2D eigenvalue weighted by atomic mass is 32.2. The number of hydrogen-bond acceptors (Lipinski definition) is 9. The molecule has 318 valence electrons. The maximum Gasteiger partial charge on any atom is 0.323 e. The van der Waals surface area contributed by atoms with E-state index in [4.69, 9.17) is 20.3 Å². The molecule has 0 spiro atoms. The molecule has 0 saturated carbocycles. The van der Waals surface area contributed by atoms with Gasteiger partial charge in [-0.3, -0.25) is 14.4 Å². The lowest BCUT2D eigenvalue weighted by Crippen LogP contribution is -2.38. The second-order valence-corrected chi connectivity index (χ2v) is 16.4. The number of carbonyl (C=O) groups excluding carboxylic acids is 2. The van der Waals surface area contributed by atoms with Crippen molar-refractivity contribution in [1.82, 2.24) is 0 Å². The molecular formula is C45H79NO8S. The molecule has 0 aliphatic rings. The van der Waals surface area contributed by atoms with Crippen molar-refractivity contribution in [1.29, 1.82) is 0 Å². The third-order valence-corrected chi connectivity index (χ3v) is 10.6. The number of carboxylic acid groups (broad SMARTS) is 1. The fourth-order valence-corrected chi connectivity index (χ4v) is 6.96. The van der Waals surface area contributed by atoms with Crippen LogP contribution >= 0.6 is 11.8 Å². The van der Waals surface area contributed by atoms with Gasteiger partial charge in [-0.15, -0.1) is 11.8 Å². The number of aliphatic hydroxyl groups is 2. The van der Waals surface area contributed by atoms with E-state index in [1.807, 2.05) is 30.4 Å². The number of thioether (sulfide) groups is 1. The van der Waals surface area contributed by atoms with E-state index in [-0.39, 0.29) is 37.8 Å². The molecule has 0 bridgehead atoms. The van der Waals surface area contributed by atoms with E-state index in [0.29, 0.717) is 12.8 Å². The van der Waals surface area contributed by atoms with Crippen molar-refractivity contribution in [2.75, 3.05) is 19.0 Å². The normalized spacial score (nSPS) is 14.4. The second kappa shape index (κ2) is 38.5. The van der Waals surface area contributed by atoms with Crippen LogP contribution in [-0.2, 0) is 23.9 Å². The van der Waals surface area contributed by atoms with E-state index in [1.54, 1.807) is 0 Å². The van der Waals surface area contributed by atoms with E-state index < -0.39 is 35.4 Å². The Bertz CT molecular complexity index is 1060. The molecule has 0 fully saturated rings. The van der Waals surface area contributed by atoms with Gasteiger partial charge in [0.2, 0.25) is 0 Å². The first-order chi connectivity index (χ1) is 26.6. The number of esters is 2. The van der Waals surface area contributed by atoms with E-state index in [9.17, 15) is 24.6 Å². The number of unbranched alkanes of at least 4 members (excludes halogenated alkanes) is 15. The largest absolute Gasteiger partial charge is 0.481 e. The number of carboxylic acids is 1. The van der Waals surface area contributed by atoms with Gasteiger partial charge in [0.05, 0.1) is 6.10 Å². The number of nitrogens with two attached hydrogens (primary N) is 1. The molecule has 9 nitrogen and oxygen atoms in total. The van der Waals surface area contributed by atoms with Gasteiger partial charge in [0.1, 0.15) is 25.4 Å². The molecule has 0 unspecified atom stereocenters.